The van der Waals surface area contributed by atoms with E-state index in [1.807, 2.05) is 6.07 Å². The van der Waals surface area contributed by atoms with Gasteiger partial charge in [0.05, 0.1) is 0 Å². The predicted molar refractivity (Wildman–Crippen MR) is 97.9 cm³/mol. The number of unbranched alkanes of at least 4 members (excludes halogenated alkanes) is 6. The first-order chi connectivity index (χ1) is 10.9. The van der Waals surface area contributed by atoms with Crippen molar-refractivity contribution in [2.45, 2.75) is 58.3 Å². The van der Waals surface area contributed by atoms with Crippen LogP contribution >= 0.6 is 0 Å². The standard InChI is InChI=1S/C21H29N/c1-2-3-4-5-6-7-9-12-19-15-17-21(18-16-19)22-20-13-10-8-11-14-20/h8,10-11,13-18,22H,2-7,9,12H2,1H3. The molecule has 0 aromatic heterocycles. The van der Waals surface area contributed by atoms with Gasteiger partial charge in [0, 0.05) is 11.4 Å². The second kappa shape index (κ2) is 10.0. The van der Waals surface area contributed by atoms with Crippen LogP contribution < -0.4 is 5.32 Å². The Kier molecular flexibility index (Phi) is 7.59. The van der Waals surface area contributed by atoms with Gasteiger partial charge in [-0.3, -0.25) is 0 Å². The Morgan fingerprint density at radius 3 is 1.91 bits per heavy atom. The van der Waals surface area contributed by atoms with Gasteiger partial charge in [0.25, 0.3) is 0 Å². The van der Waals surface area contributed by atoms with Gasteiger partial charge < -0.3 is 5.32 Å². The molecular weight excluding hydrogens is 266 g/mol. The summed E-state index contributed by atoms with van der Waals surface area (Å²) in [6.45, 7) is 2.27. The second-order valence-electron chi connectivity index (χ2n) is 6.06. The van der Waals surface area contributed by atoms with Gasteiger partial charge in [-0.05, 0) is 42.7 Å². The van der Waals surface area contributed by atoms with Crippen LogP contribution in [0, 0.1) is 0 Å². The molecule has 1 N–H and O–H groups in total. The number of hydrogen-bond acceptors (Lipinski definition) is 1. The fourth-order valence-electron chi connectivity index (χ4n) is 2.73. The average Bonchev–Trinajstić information content (AvgIpc) is 2.56. The number of hydrogen-bond donors (Lipinski definition) is 1. The molecular formula is C21H29N. The van der Waals surface area contributed by atoms with Crippen molar-refractivity contribution in [3.8, 4) is 0 Å². The number of anilines is 2. The topological polar surface area (TPSA) is 12.0 Å². The number of benzene rings is 2. The third kappa shape index (κ3) is 6.34. The van der Waals surface area contributed by atoms with Crippen LogP contribution in [0.2, 0.25) is 0 Å². The van der Waals surface area contributed by atoms with E-state index in [0.717, 1.165) is 11.4 Å². The monoisotopic (exact) mass is 295 g/mol. The lowest BCUT2D eigenvalue weighted by atomic mass is 10.0. The van der Waals surface area contributed by atoms with E-state index in [-0.39, 0.29) is 0 Å². The molecule has 0 saturated heterocycles. The molecule has 0 unspecified atom stereocenters. The van der Waals surface area contributed by atoms with Crippen molar-refractivity contribution in [1.82, 2.24) is 0 Å². The van der Waals surface area contributed by atoms with Gasteiger partial charge >= 0.3 is 0 Å². The highest BCUT2D eigenvalue weighted by atomic mass is 14.9. The predicted octanol–water partition coefficient (Wildman–Crippen LogP) is 6.72. The zero-order chi connectivity index (χ0) is 15.5. The van der Waals surface area contributed by atoms with E-state index in [4.69, 9.17) is 0 Å². The van der Waals surface area contributed by atoms with E-state index in [9.17, 15) is 0 Å². The SMILES string of the molecule is CCCCCCCCCc1ccc(Nc2ccccc2)cc1. The minimum absolute atomic E-state index is 1.14. The molecule has 0 aliphatic heterocycles. The van der Waals surface area contributed by atoms with Crippen molar-refractivity contribution < 1.29 is 0 Å². The van der Waals surface area contributed by atoms with Crippen molar-refractivity contribution in [3.05, 3.63) is 60.2 Å². The normalized spacial score (nSPS) is 10.6. The van der Waals surface area contributed by atoms with Crippen LogP contribution in [-0.4, -0.2) is 0 Å². The lowest BCUT2D eigenvalue weighted by molar-refractivity contribution is 0.589. The number of para-hydroxylation sites is 1. The summed E-state index contributed by atoms with van der Waals surface area (Å²) in [7, 11) is 0. The smallest absolute Gasteiger partial charge is 0.0384 e. The van der Waals surface area contributed by atoms with Crippen LogP contribution in [0.3, 0.4) is 0 Å². The zero-order valence-corrected chi connectivity index (χ0v) is 13.9. The van der Waals surface area contributed by atoms with Gasteiger partial charge in [0.2, 0.25) is 0 Å². The first kappa shape index (κ1) is 16.6. The molecule has 0 amide bonds. The Bertz CT molecular complexity index is 501. The maximum Gasteiger partial charge on any atom is 0.0384 e. The lowest BCUT2D eigenvalue weighted by Crippen LogP contribution is -1.91. The van der Waals surface area contributed by atoms with E-state index < -0.39 is 0 Å². The molecule has 2 aromatic rings. The summed E-state index contributed by atoms with van der Waals surface area (Å²) in [5.41, 5.74) is 3.75. The largest absolute Gasteiger partial charge is 0.356 e. The molecule has 2 rings (SSSR count). The minimum atomic E-state index is 1.14. The van der Waals surface area contributed by atoms with Gasteiger partial charge in [0.1, 0.15) is 0 Å². The molecule has 0 atom stereocenters. The van der Waals surface area contributed by atoms with E-state index in [1.165, 1.54) is 56.9 Å². The molecule has 0 aliphatic carbocycles. The van der Waals surface area contributed by atoms with Gasteiger partial charge in [-0.25, -0.2) is 0 Å². The fourth-order valence-corrected chi connectivity index (χ4v) is 2.73. The summed E-state index contributed by atoms with van der Waals surface area (Å²) in [5.74, 6) is 0. The third-order valence-electron chi connectivity index (χ3n) is 4.09. The summed E-state index contributed by atoms with van der Waals surface area (Å²) in [5, 5.41) is 3.43. The van der Waals surface area contributed by atoms with Crippen LogP contribution in [0.25, 0.3) is 0 Å². The van der Waals surface area contributed by atoms with Gasteiger partial charge in [0.15, 0.2) is 0 Å². The van der Waals surface area contributed by atoms with Crippen LogP contribution in [-0.2, 0) is 6.42 Å². The van der Waals surface area contributed by atoms with E-state index in [0.29, 0.717) is 0 Å². The Labute approximate surface area is 135 Å². The first-order valence-corrected chi connectivity index (χ1v) is 8.79. The summed E-state index contributed by atoms with van der Waals surface area (Å²) in [4.78, 5) is 0. The highest BCUT2D eigenvalue weighted by molar-refractivity contribution is 5.59. The molecule has 2 aromatic carbocycles. The van der Waals surface area contributed by atoms with Crippen LogP contribution in [0.5, 0.6) is 0 Å². The number of aryl methyl sites for hydroxylation is 1. The number of rotatable bonds is 10. The first-order valence-electron chi connectivity index (χ1n) is 8.79. The Morgan fingerprint density at radius 1 is 0.636 bits per heavy atom. The maximum absolute atomic E-state index is 3.43. The highest BCUT2D eigenvalue weighted by Crippen LogP contribution is 2.18. The fraction of sp³-hybridized carbons (Fsp3) is 0.429. The Hall–Kier alpha value is -1.76. The molecule has 0 saturated carbocycles. The quantitative estimate of drug-likeness (QED) is 0.479. The summed E-state index contributed by atoms with van der Waals surface area (Å²) in [6, 6.07) is 19.2. The molecule has 0 heterocycles. The van der Waals surface area contributed by atoms with E-state index >= 15 is 0 Å². The minimum Gasteiger partial charge on any atom is -0.356 e. The van der Waals surface area contributed by atoms with Crippen molar-refractivity contribution in [2.24, 2.45) is 0 Å². The molecule has 0 aliphatic rings. The van der Waals surface area contributed by atoms with Gasteiger partial charge in [-0.15, -0.1) is 0 Å². The molecule has 1 nitrogen and oxygen atoms in total. The molecule has 0 spiro atoms. The van der Waals surface area contributed by atoms with Gasteiger partial charge in [-0.1, -0.05) is 75.8 Å². The molecule has 0 bridgehead atoms. The molecule has 0 fully saturated rings. The molecule has 0 radical (unpaired) electrons. The third-order valence-corrected chi connectivity index (χ3v) is 4.09. The molecule has 1 heteroatoms. The Morgan fingerprint density at radius 2 is 1.23 bits per heavy atom. The summed E-state index contributed by atoms with van der Waals surface area (Å²) in [6.07, 6.45) is 10.8. The Balaban J connectivity index is 1.66. The van der Waals surface area contributed by atoms with Crippen LogP contribution in [0.4, 0.5) is 11.4 Å². The van der Waals surface area contributed by atoms with Crippen LogP contribution in [0.1, 0.15) is 57.4 Å². The average molecular weight is 295 g/mol. The number of nitrogens with one attached hydrogen (secondary N) is 1. The van der Waals surface area contributed by atoms with Crippen molar-refractivity contribution >= 4 is 11.4 Å². The summed E-state index contributed by atoms with van der Waals surface area (Å²) >= 11 is 0. The van der Waals surface area contributed by atoms with Crippen molar-refractivity contribution in [1.29, 1.82) is 0 Å². The highest BCUT2D eigenvalue weighted by Gasteiger charge is 1.97. The zero-order valence-electron chi connectivity index (χ0n) is 13.9. The van der Waals surface area contributed by atoms with Crippen molar-refractivity contribution in [2.75, 3.05) is 5.32 Å². The van der Waals surface area contributed by atoms with Crippen LogP contribution in [0.15, 0.2) is 54.6 Å². The second-order valence-corrected chi connectivity index (χ2v) is 6.06. The lowest BCUT2D eigenvalue weighted by Gasteiger charge is -2.07. The van der Waals surface area contributed by atoms with E-state index in [2.05, 4.69) is 60.8 Å². The molecule has 118 valence electrons. The molecule has 22 heavy (non-hydrogen) atoms. The van der Waals surface area contributed by atoms with Gasteiger partial charge in [-0.2, -0.15) is 0 Å². The van der Waals surface area contributed by atoms with Crippen molar-refractivity contribution in [3.63, 3.8) is 0 Å². The maximum atomic E-state index is 3.43. The summed E-state index contributed by atoms with van der Waals surface area (Å²) < 4.78 is 0. The van der Waals surface area contributed by atoms with E-state index in [1.54, 1.807) is 0 Å².